The molecule has 2 atom stereocenters. The number of carbonyl (C=O) groups excluding carboxylic acids is 1. The van der Waals surface area contributed by atoms with E-state index < -0.39 is 16.2 Å². The molecule has 2 saturated heterocycles. The van der Waals surface area contributed by atoms with Gasteiger partial charge < -0.3 is 35.6 Å². The first-order chi connectivity index (χ1) is 28.9. The molecule has 2 aliphatic heterocycles. The first-order valence-corrected chi connectivity index (χ1v) is 22.5. The van der Waals surface area contributed by atoms with E-state index in [-0.39, 0.29) is 6.04 Å². The number of rotatable bonds is 11. The van der Waals surface area contributed by atoms with Gasteiger partial charge in [-0.05, 0) is 144 Å². The Morgan fingerprint density at radius 1 is 0.800 bits per heavy atom. The first-order valence-electron chi connectivity index (χ1n) is 21.1. The number of likely N-dealkylation sites (N-methyl/N-ethyl adjacent to an activating group) is 4. The number of aromatic nitrogens is 2. The number of hydrogen-bond donors (Lipinski definition) is 4. The number of benzene rings is 2. The number of hydrogen-bond acceptors (Lipinski definition) is 11. The Morgan fingerprint density at radius 2 is 1.35 bits per heavy atom. The van der Waals surface area contributed by atoms with Crippen LogP contribution in [0.15, 0.2) is 60.9 Å². The number of carbonyl (C=O) groups is 1. The van der Waals surface area contributed by atoms with Gasteiger partial charge in [0, 0.05) is 73.6 Å². The van der Waals surface area contributed by atoms with Crippen LogP contribution in [-0.4, -0.2) is 119 Å². The second-order valence-corrected chi connectivity index (χ2v) is 17.9. The van der Waals surface area contributed by atoms with Gasteiger partial charge in [-0.15, -0.1) is 0 Å². The van der Waals surface area contributed by atoms with Crippen molar-refractivity contribution in [3.63, 3.8) is 0 Å². The highest BCUT2D eigenvalue weighted by Gasteiger charge is 2.29. The van der Waals surface area contributed by atoms with Crippen molar-refractivity contribution in [2.24, 2.45) is 0 Å². The molecule has 2 aliphatic carbocycles. The van der Waals surface area contributed by atoms with Gasteiger partial charge in [0.25, 0.3) is 0 Å². The van der Waals surface area contributed by atoms with Crippen LogP contribution >= 0.6 is 0 Å². The molecule has 4 aliphatic rings. The maximum Gasteiger partial charge on any atom is 0.333 e. The predicted octanol–water partition coefficient (Wildman–Crippen LogP) is 5.77. The van der Waals surface area contributed by atoms with E-state index in [1.165, 1.54) is 53.9 Å². The molecule has 2 fully saturated rings. The molecule has 2 aromatic carbocycles. The fraction of sp³-hybridized carbons (Fsp3) is 0.489. The second-order valence-electron chi connectivity index (χ2n) is 16.1. The van der Waals surface area contributed by atoms with Crippen LogP contribution in [0.2, 0.25) is 0 Å². The van der Waals surface area contributed by atoms with Gasteiger partial charge in [-0.2, -0.15) is 12.7 Å². The van der Waals surface area contributed by atoms with E-state index in [1.54, 1.807) is 32.7 Å². The molecule has 2 amide bonds. The minimum Gasteiger partial charge on any atom is -0.481 e. The van der Waals surface area contributed by atoms with Crippen molar-refractivity contribution in [2.75, 3.05) is 79.6 Å². The van der Waals surface area contributed by atoms with E-state index in [9.17, 15) is 13.2 Å². The lowest BCUT2D eigenvalue weighted by atomic mass is 9.98. The van der Waals surface area contributed by atoms with Gasteiger partial charge in [-0.3, -0.25) is 0 Å². The van der Waals surface area contributed by atoms with Gasteiger partial charge in [0.2, 0.25) is 11.8 Å². The van der Waals surface area contributed by atoms with Gasteiger partial charge in [-0.25, -0.2) is 19.5 Å². The standard InChI is InChI=1S/C23H31N5O4S.C15H16N2O.C7H16N2/c1-27-13-5-7-18(27)15-28(2)33(30,31)26-23(29)25-22-19-8-4-6-16(19)9-10-20(22)17-11-12-24-21(14-17)32-3;1-18-14-9-11(7-8-17-14)13-6-5-10-3-2-4-12(10)15(13)16;1-8-6-7-4-3-5-9(7)2/h9-12,14,18H,4-8,13,15H2,1-3H3,(H2,25,26,29);5-9H,2-4,16H2,1H3;7-8H,3-6H2,1-2H3. The molecule has 5 N–H and O–H groups in total. The first kappa shape index (κ1) is 44.7. The van der Waals surface area contributed by atoms with E-state index >= 15 is 0 Å². The van der Waals surface area contributed by atoms with Crippen molar-refractivity contribution in [2.45, 2.75) is 76.3 Å². The minimum absolute atomic E-state index is 0.153. The minimum atomic E-state index is -3.98. The number of ether oxygens (including phenoxy) is 2. The SMILES string of the molecule is CNCC1CCCN1C.COc1cc(-c2ccc3c(c2N)CCC3)ccn1.COc1cc(-c2ccc3c(c2NC(=O)NS(=O)(=O)N(C)CC2CCCN2C)CCC3)ccn1. The Morgan fingerprint density at radius 3 is 1.92 bits per heavy atom. The smallest absolute Gasteiger partial charge is 0.333 e. The quantitative estimate of drug-likeness (QED) is 0.136. The molecule has 15 heteroatoms. The summed E-state index contributed by atoms with van der Waals surface area (Å²) in [6, 6.07) is 16.0. The van der Waals surface area contributed by atoms with E-state index in [4.69, 9.17) is 15.2 Å². The molecule has 0 bridgehead atoms. The molecular formula is C45H63N9O5S. The Labute approximate surface area is 356 Å². The molecule has 0 spiro atoms. The molecule has 324 valence electrons. The van der Waals surface area contributed by atoms with Crippen molar-refractivity contribution < 1.29 is 22.7 Å². The zero-order valence-electron chi connectivity index (χ0n) is 36.1. The zero-order valence-corrected chi connectivity index (χ0v) is 36.9. The van der Waals surface area contributed by atoms with Crippen LogP contribution in [0.25, 0.3) is 22.3 Å². The molecule has 0 saturated carbocycles. The Balaban J connectivity index is 0.000000184. The van der Waals surface area contributed by atoms with Crippen LogP contribution in [-0.2, 0) is 35.9 Å². The third kappa shape index (κ3) is 10.9. The number of aryl methyl sites for hydroxylation is 2. The highest BCUT2D eigenvalue weighted by molar-refractivity contribution is 7.87. The van der Waals surface area contributed by atoms with Crippen LogP contribution in [0.3, 0.4) is 0 Å². The third-order valence-electron chi connectivity index (χ3n) is 12.2. The lowest BCUT2D eigenvalue weighted by Gasteiger charge is -2.25. The highest BCUT2D eigenvalue weighted by atomic mass is 32.2. The van der Waals surface area contributed by atoms with E-state index in [0.717, 1.165) is 97.6 Å². The molecule has 14 nitrogen and oxygen atoms in total. The van der Waals surface area contributed by atoms with Crippen LogP contribution in [0.4, 0.5) is 16.2 Å². The van der Waals surface area contributed by atoms with Crippen molar-refractivity contribution in [1.82, 2.24) is 34.1 Å². The van der Waals surface area contributed by atoms with Gasteiger partial charge in [-0.1, -0.05) is 24.3 Å². The molecule has 2 unspecified atom stereocenters. The molecule has 4 heterocycles. The van der Waals surface area contributed by atoms with E-state index in [1.807, 2.05) is 38.4 Å². The number of fused-ring (bicyclic) bond motifs is 2. The Bertz CT molecular complexity index is 2200. The van der Waals surface area contributed by atoms with E-state index in [2.05, 4.69) is 60.4 Å². The monoisotopic (exact) mass is 841 g/mol. The van der Waals surface area contributed by atoms with E-state index in [0.29, 0.717) is 24.0 Å². The van der Waals surface area contributed by atoms with Crippen LogP contribution in [0.5, 0.6) is 11.8 Å². The Kier molecular flexibility index (Phi) is 15.4. The number of pyridine rings is 2. The molecule has 60 heavy (non-hydrogen) atoms. The molecular weight excluding hydrogens is 779 g/mol. The summed E-state index contributed by atoms with van der Waals surface area (Å²) in [6.45, 7) is 3.72. The highest BCUT2D eigenvalue weighted by Crippen LogP contribution is 2.39. The number of nitrogens with zero attached hydrogens (tertiary/aromatic N) is 5. The summed E-state index contributed by atoms with van der Waals surface area (Å²) in [5.74, 6) is 1.08. The summed E-state index contributed by atoms with van der Waals surface area (Å²) in [5, 5.41) is 6.03. The van der Waals surface area contributed by atoms with Crippen molar-refractivity contribution in [3.8, 4) is 34.0 Å². The van der Waals surface area contributed by atoms with Gasteiger partial charge in [0.1, 0.15) is 0 Å². The molecule has 4 aromatic rings. The van der Waals surface area contributed by atoms with Crippen molar-refractivity contribution in [1.29, 1.82) is 0 Å². The number of anilines is 2. The van der Waals surface area contributed by atoms with Crippen LogP contribution < -0.4 is 30.6 Å². The topological polar surface area (TPSA) is 167 Å². The number of nitrogens with one attached hydrogen (secondary N) is 3. The number of urea groups is 1. The van der Waals surface area contributed by atoms with Crippen molar-refractivity contribution in [3.05, 3.63) is 83.2 Å². The fourth-order valence-electron chi connectivity index (χ4n) is 8.79. The zero-order chi connectivity index (χ0) is 42.8. The van der Waals surface area contributed by atoms with Gasteiger partial charge in [0.05, 0.1) is 19.9 Å². The fourth-order valence-corrected chi connectivity index (χ4v) is 9.59. The van der Waals surface area contributed by atoms with Crippen LogP contribution in [0, 0.1) is 0 Å². The number of nitrogen functional groups attached to an aromatic ring is 1. The molecule has 0 radical (unpaired) electrons. The average molecular weight is 842 g/mol. The third-order valence-corrected chi connectivity index (χ3v) is 13.7. The second kappa shape index (κ2) is 20.6. The van der Waals surface area contributed by atoms with Gasteiger partial charge in [0.15, 0.2) is 0 Å². The Hall–Kier alpha value is -4.80. The summed E-state index contributed by atoms with van der Waals surface area (Å²) in [5.41, 5.74) is 16.5. The summed E-state index contributed by atoms with van der Waals surface area (Å²) in [6.07, 6.45) is 14.3. The predicted molar refractivity (Wildman–Crippen MR) is 240 cm³/mol. The molecule has 2 aromatic heterocycles. The summed E-state index contributed by atoms with van der Waals surface area (Å²) in [4.78, 5) is 25.7. The number of amides is 2. The largest absolute Gasteiger partial charge is 0.481 e. The summed E-state index contributed by atoms with van der Waals surface area (Å²) < 4.78 is 39.4. The van der Waals surface area contributed by atoms with Gasteiger partial charge >= 0.3 is 16.2 Å². The van der Waals surface area contributed by atoms with Crippen molar-refractivity contribution >= 4 is 27.6 Å². The summed E-state index contributed by atoms with van der Waals surface area (Å²) >= 11 is 0. The average Bonchev–Trinajstić information content (AvgIpc) is 4.08. The van der Waals surface area contributed by atoms with Crippen LogP contribution in [0.1, 0.15) is 60.8 Å². The number of nitrogens with two attached hydrogens (primary N) is 1. The molecule has 8 rings (SSSR count). The number of likely N-dealkylation sites (tertiary alicyclic amines) is 2. The maximum absolute atomic E-state index is 12.9. The number of methoxy groups -OCH3 is 2. The normalized spacial score (nSPS) is 18.5. The summed E-state index contributed by atoms with van der Waals surface area (Å²) in [7, 11) is 6.90. The lowest BCUT2D eigenvalue weighted by molar-refractivity contribution is 0.253. The maximum atomic E-state index is 12.9. The lowest BCUT2D eigenvalue weighted by Crippen LogP contribution is -2.47.